The molecule has 2 aliphatic heterocycles. The van der Waals surface area contributed by atoms with Crippen LogP contribution < -0.4 is 0 Å². The summed E-state index contributed by atoms with van der Waals surface area (Å²) >= 11 is 0. The van der Waals surface area contributed by atoms with Gasteiger partial charge in [0.15, 0.2) is 18.4 Å². The van der Waals surface area contributed by atoms with E-state index in [2.05, 4.69) is 6.58 Å². The molecule has 0 bridgehead atoms. The van der Waals surface area contributed by atoms with Crippen molar-refractivity contribution in [3.05, 3.63) is 12.7 Å². The Labute approximate surface area is 101 Å². The molecular formula is C12H18O5. The zero-order valence-electron chi connectivity index (χ0n) is 10.3. The molecule has 2 fully saturated rings. The SMILES string of the molecule is C=CC[C@@]1(OC)[C@@H](C=O)O[C@@H]2OC(C)(C)O[C@@H]21. The number of hydrogen-bond acceptors (Lipinski definition) is 5. The second-order valence-electron chi connectivity index (χ2n) is 4.77. The summed E-state index contributed by atoms with van der Waals surface area (Å²) in [6.45, 7) is 7.30. The third-order valence-corrected chi connectivity index (χ3v) is 3.27. The van der Waals surface area contributed by atoms with E-state index in [4.69, 9.17) is 18.9 Å². The van der Waals surface area contributed by atoms with Gasteiger partial charge in [-0.2, -0.15) is 0 Å². The summed E-state index contributed by atoms with van der Waals surface area (Å²) in [4.78, 5) is 11.1. The van der Waals surface area contributed by atoms with E-state index < -0.39 is 29.9 Å². The number of fused-ring (bicyclic) bond motifs is 1. The van der Waals surface area contributed by atoms with E-state index in [1.807, 2.05) is 0 Å². The summed E-state index contributed by atoms with van der Waals surface area (Å²) in [5.74, 6) is -0.728. The van der Waals surface area contributed by atoms with Gasteiger partial charge in [0.05, 0.1) is 0 Å². The highest BCUT2D eigenvalue weighted by Gasteiger charge is 2.63. The standard InChI is InChI=1S/C12H18O5/c1-5-6-12(14-4)8(7-13)15-10-9(12)16-11(2,3)17-10/h5,7-10H,1,6H2,2-4H3/t8-,9+,10-,12-/m1/s1. The number of carbonyl (C=O) groups excluding carboxylic acids is 1. The van der Waals surface area contributed by atoms with Gasteiger partial charge in [0.2, 0.25) is 0 Å². The van der Waals surface area contributed by atoms with Crippen molar-refractivity contribution in [2.75, 3.05) is 7.11 Å². The molecule has 0 saturated carbocycles. The zero-order chi connectivity index (χ0) is 12.7. The third kappa shape index (κ3) is 1.83. The van der Waals surface area contributed by atoms with Gasteiger partial charge in [0.25, 0.3) is 0 Å². The minimum atomic E-state index is -0.845. The van der Waals surface area contributed by atoms with Crippen molar-refractivity contribution in [2.24, 2.45) is 0 Å². The maximum absolute atomic E-state index is 11.1. The average Bonchev–Trinajstić information content (AvgIpc) is 2.71. The smallest absolute Gasteiger partial charge is 0.191 e. The molecule has 4 atom stereocenters. The van der Waals surface area contributed by atoms with Crippen LogP contribution >= 0.6 is 0 Å². The lowest BCUT2D eigenvalue weighted by atomic mass is 9.89. The van der Waals surface area contributed by atoms with Crippen molar-refractivity contribution in [3.63, 3.8) is 0 Å². The normalized spacial score (nSPS) is 43.4. The van der Waals surface area contributed by atoms with Gasteiger partial charge in [0.1, 0.15) is 17.8 Å². The second kappa shape index (κ2) is 4.17. The Morgan fingerprint density at radius 3 is 2.65 bits per heavy atom. The lowest BCUT2D eigenvalue weighted by Gasteiger charge is -2.34. The highest BCUT2D eigenvalue weighted by molar-refractivity contribution is 5.60. The van der Waals surface area contributed by atoms with E-state index >= 15 is 0 Å². The fourth-order valence-corrected chi connectivity index (χ4v) is 2.50. The first-order chi connectivity index (χ1) is 7.99. The topological polar surface area (TPSA) is 54.0 Å². The minimum absolute atomic E-state index is 0.421. The van der Waals surface area contributed by atoms with E-state index in [0.717, 1.165) is 6.29 Å². The van der Waals surface area contributed by atoms with Crippen LogP contribution in [0.2, 0.25) is 0 Å². The van der Waals surface area contributed by atoms with Crippen LogP contribution in [0.1, 0.15) is 20.3 Å². The second-order valence-corrected chi connectivity index (χ2v) is 4.77. The Balaban J connectivity index is 2.32. The number of ether oxygens (including phenoxy) is 4. The van der Waals surface area contributed by atoms with E-state index in [1.54, 1.807) is 27.0 Å². The Hall–Kier alpha value is -0.750. The summed E-state index contributed by atoms with van der Waals surface area (Å²) in [6.07, 6.45) is 1.20. The van der Waals surface area contributed by atoms with Crippen molar-refractivity contribution in [1.29, 1.82) is 0 Å². The van der Waals surface area contributed by atoms with Gasteiger partial charge in [-0.1, -0.05) is 6.08 Å². The Morgan fingerprint density at radius 2 is 2.12 bits per heavy atom. The van der Waals surface area contributed by atoms with Crippen LogP contribution in [-0.4, -0.2) is 43.3 Å². The predicted molar refractivity (Wildman–Crippen MR) is 59.3 cm³/mol. The lowest BCUT2D eigenvalue weighted by molar-refractivity contribution is -0.228. The van der Waals surface area contributed by atoms with Crippen molar-refractivity contribution in [1.82, 2.24) is 0 Å². The summed E-state index contributed by atoms with van der Waals surface area (Å²) in [7, 11) is 1.54. The molecule has 2 aliphatic rings. The van der Waals surface area contributed by atoms with Crippen LogP contribution in [0.4, 0.5) is 0 Å². The molecule has 0 aromatic carbocycles. The zero-order valence-corrected chi connectivity index (χ0v) is 10.3. The number of aldehydes is 1. The maximum atomic E-state index is 11.1. The Kier molecular flexibility index (Phi) is 3.12. The Bertz CT molecular complexity index is 327. The molecule has 0 N–H and O–H groups in total. The first-order valence-corrected chi connectivity index (χ1v) is 5.61. The molecule has 96 valence electrons. The highest BCUT2D eigenvalue weighted by atomic mass is 16.8. The number of hydrogen-bond donors (Lipinski definition) is 0. The Morgan fingerprint density at radius 1 is 1.41 bits per heavy atom. The van der Waals surface area contributed by atoms with E-state index in [-0.39, 0.29) is 0 Å². The molecule has 0 unspecified atom stereocenters. The fraction of sp³-hybridized carbons (Fsp3) is 0.750. The average molecular weight is 242 g/mol. The molecule has 2 heterocycles. The van der Waals surface area contributed by atoms with Crippen LogP contribution in [-0.2, 0) is 23.7 Å². The summed E-state index contributed by atoms with van der Waals surface area (Å²) in [5, 5.41) is 0. The van der Waals surface area contributed by atoms with Gasteiger partial charge in [-0.3, -0.25) is 0 Å². The van der Waals surface area contributed by atoms with Crippen molar-refractivity contribution in [3.8, 4) is 0 Å². The van der Waals surface area contributed by atoms with Crippen LogP contribution in [0.3, 0.4) is 0 Å². The first-order valence-electron chi connectivity index (χ1n) is 5.61. The molecule has 0 aliphatic carbocycles. The third-order valence-electron chi connectivity index (χ3n) is 3.27. The maximum Gasteiger partial charge on any atom is 0.191 e. The molecule has 0 spiro atoms. The van der Waals surface area contributed by atoms with Gasteiger partial charge in [-0.25, -0.2) is 0 Å². The number of carbonyl (C=O) groups is 1. The van der Waals surface area contributed by atoms with E-state index in [1.165, 1.54) is 0 Å². The minimum Gasteiger partial charge on any atom is -0.372 e. The molecular weight excluding hydrogens is 224 g/mol. The van der Waals surface area contributed by atoms with Crippen LogP contribution in [0.15, 0.2) is 12.7 Å². The predicted octanol–water partition coefficient (Wildman–Crippen LogP) is 1.02. The summed E-state index contributed by atoms with van der Waals surface area (Å²) < 4.78 is 22.4. The van der Waals surface area contributed by atoms with Gasteiger partial charge in [0, 0.05) is 7.11 Å². The van der Waals surface area contributed by atoms with Crippen LogP contribution in [0.5, 0.6) is 0 Å². The number of rotatable bonds is 4. The molecule has 5 nitrogen and oxygen atoms in total. The summed E-state index contributed by atoms with van der Waals surface area (Å²) in [6, 6.07) is 0. The molecule has 0 aromatic rings. The first kappa shape index (κ1) is 12.7. The molecule has 2 saturated heterocycles. The molecule has 0 amide bonds. The van der Waals surface area contributed by atoms with Gasteiger partial charge < -0.3 is 23.7 Å². The van der Waals surface area contributed by atoms with Gasteiger partial charge in [-0.15, -0.1) is 6.58 Å². The largest absolute Gasteiger partial charge is 0.372 e. The van der Waals surface area contributed by atoms with E-state index in [0.29, 0.717) is 6.42 Å². The highest BCUT2D eigenvalue weighted by Crippen LogP contribution is 2.45. The monoisotopic (exact) mass is 242 g/mol. The lowest BCUT2D eigenvalue weighted by Crippen LogP contribution is -2.50. The molecule has 0 aromatic heterocycles. The van der Waals surface area contributed by atoms with Crippen molar-refractivity contribution < 1.29 is 23.7 Å². The summed E-state index contributed by atoms with van der Waals surface area (Å²) in [5.41, 5.74) is -0.845. The fourth-order valence-electron chi connectivity index (χ4n) is 2.50. The molecule has 5 heteroatoms. The van der Waals surface area contributed by atoms with Crippen molar-refractivity contribution in [2.45, 2.75) is 50.2 Å². The van der Waals surface area contributed by atoms with Crippen LogP contribution in [0, 0.1) is 0 Å². The van der Waals surface area contributed by atoms with Gasteiger partial charge >= 0.3 is 0 Å². The van der Waals surface area contributed by atoms with Crippen molar-refractivity contribution >= 4 is 6.29 Å². The molecule has 0 radical (unpaired) electrons. The molecule has 17 heavy (non-hydrogen) atoms. The van der Waals surface area contributed by atoms with Crippen LogP contribution in [0.25, 0.3) is 0 Å². The van der Waals surface area contributed by atoms with E-state index in [9.17, 15) is 4.79 Å². The number of methoxy groups -OCH3 is 1. The quantitative estimate of drug-likeness (QED) is 0.544. The molecule has 2 rings (SSSR count). The van der Waals surface area contributed by atoms with Gasteiger partial charge in [-0.05, 0) is 20.3 Å².